The zero-order valence-corrected chi connectivity index (χ0v) is 16.0. The largest absolute Gasteiger partial charge is 0.497 e. The predicted octanol–water partition coefficient (Wildman–Crippen LogP) is 3.03. The number of carbonyl (C=O) groups is 2. The highest BCUT2D eigenvalue weighted by Crippen LogP contribution is 2.37. The molecule has 2 saturated heterocycles. The molecule has 28 heavy (non-hydrogen) atoms. The Morgan fingerprint density at radius 3 is 2.57 bits per heavy atom. The van der Waals surface area contributed by atoms with Crippen LogP contribution in [0.25, 0.3) is 0 Å². The maximum absolute atomic E-state index is 12.8. The number of amides is 2. The molecule has 2 aromatic carbocycles. The van der Waals surface area contributed by atoms with Crippen LogP contribution in [0, 0.1) is 0 Å². The molecule has 2 heterocycles. The number of hydroxylamine groups is 2. The third-order valence-corrected chi connectivity index (χ3v) is 5.50. The van der Waals surface area contributed by atoms with Crippen molar-refractivity contribution >= 4 is 11.8 Å². The van der Waals surface area contributed by atoms with Crippen LogP contribution in [0.15, 0.2) is 54.6 Å². The van der Waals surface area contributed by atoms with Crippen molar-refractivity contribution in [3.05, 3.63) is 65.7 Å². The Labute approximate surface area is 164 Å². The summed E-state index contributed by atoms with van der Waals surface area (Å²) in [5.41, 5.74) is 1.17. The fraction of sp³-hybridized carbons (Fsp3) is 0.364. The van der Waals surface area contributed by atoms with Gasteiger partial charge >= 0.3 is 0 Å². The molecule has 0 atom stereocenters. The Hall–Kier alpha value is -2.86. The van der Waals surface area contributed by atoms with E-state index in [-0.39, 0.29) is 11.8 Å². The minimum Gasteiger partial charge on any atom is -0.497 e. The summed E-state index contributed by atoms with van der Waals surface area (Å²) in [5.74, 6) is 0.663. The molecule has 0 radical (unpaired) electrons. The minimum atomic E-state index is -0.489. The maximum atomic E-state index is 12.8. The van der Waals surface area contributed by atoms with Crippen LogP contribution in [-0.4, -0.2) is 47.6 Å². The van der Waals surface area contributed by atoms with Crippen molar-refractivity contribution in [1.82, 2.24) is 9.96 Å². The molecular formula is C22H24N2O4. The Kier molecular flexibility index (Phi) is 5.05. The standard InChI is InChI=1S/C22H24N2O4/c1-27-19-9-5-8-18(14-19)21(26)23-12-10-22(11-13-23)15-20(25)24(28-22)16-17-6-3-2-4-7-17/h2-9,14H,10-13,15-16H2,1H3. The maximum Gasteiger partial charge on any atom is 0.253 e. The molecule has 0 bridgehead atoms. The van der Waals surface area contributed by atoms with E-state index in [1.54, 1.807) is 19.2 Å². The van der Waals surface area contributed by atoms with Gasteiger partial charge in [-0.1, -0.05) is 36.4 Å². The summed E-state index contributed by atoms with van der Waals surface area (Å²) in [6.07, 6.45) is 1.68. The number of hydrogen-bond acceptors (Lipinski definition) is 4. The number of nitrogens with zero attached hydrogens (tertiary/aromatic N) is 2. The Bertz CT molecular complexity index is 860. The molecule has 0 N–H and O–H groups in total. The number of methoxy groups -OCH3 is 1. The zero-order valence-electron chi connectivity index (χ0n) is 16.0. The summed E-state index contributed by atoms with van der Waals surface area (Å²) in [6.45, 7) is 1.60. The molecule has 146 valence electrons. The monoisotopic (exact) mass is 380 g/mol. The van der Waals surface area contributed by atoms with Crippen LogP contribution in [0.2, 0.25) is 0 Å². The summed E-state index contributed by atoms with van der Waals surface area (Å²) in [7, 11) is 1.59. The fourth-order valence-corrected chi connectivity index (χ4v) is 3.87. The lowest BCUT2D eigenvalue weighted by Crippen LogP contribution is -2.47. The fourth-order valence-electron chi connectivity index (χ4n) is 3.87. The van der Waals surface area contributed by atoms with E-state index in [1.165, 1.54) is 5.06 Å². The average molecular weight is 380 g/mol. The van der Waals surface area contributed by atoms with Gasteiger partial charge in [-0.2, -0.15) is 0 Å². The van der Waals surface area contributed by atoms with E-state index in [2.05, 4.69) is 0 Å². The number of likely N-dealkylation sites (tertiary alicyclic amines) is 1. The minimum absolute atomic E-state index is 0.0106. The average Bonchev–Trinajstić information content (AvgIpc) is 3.03. The molecular weight excluding hydrogens is 356 g/mol. The molecule has 0 saturated carbocycles. The summed E-state index contributed by atoms with van der Waals surface area (Å²) >= 11 is 0. The lowest BCUT2D eigenvalue weighted by Gasteiger charge is -2.37. The first-order valence-corrected chi connectivity index (χ1v) is 9.55. The quantitative estimate of drug-likeness (QED) is 0.818. The molecule has 2 aromatic rings. The van der Waals surface area contributed by atoms with E-state index in [1.807, 2.05) is 47.4 Å². The third-order valence-electron chi connectivity index (χ3n) is 5.50. The van der Waals surface area contributed by atoms with E-state index in [4.69, 9.17) is 9.57 Å². The zero-order chi connectivity index (χ0) is 19.6. The van der Waals surface area contributed by atoms with Gasteiger partial charge in [0.05, 0.1) is 20.1 Å². The van der Waals surface area contributed by atoms with Gasteiger partial charge in [-0.05, 0) is 36.6 Å². The lowest BCUT2D eigenvalue weighted by atomic mass is 9.88. The molecule has 0 unspecified atom stereocenters. The van der Waals surface area contributed by atoms with Crippen LogP contribution >= 0.6 is 0 Å². The molecule has 6 heteroatoms. The van der Waals surface area contributed by atoms with E-state index >= 15 is 0 Å². The van der Waals surface area contributed by atoms with E-state index in [9.17, 15) is 9.59 Å². The lowest BCUT2D eigenvalue weighted by molar-refractivity contribution is -0.213. The first kappa shape index (κ1) is 18.5. The molecule has 2 fully saturated rings. The van der Waals surface area contributed by atoms with Crippen molar-refractivity contribution in [3.8, 4) is 5.75 Å². The van der Waals surface area contributed by atoms with Gasteiger partial charge in [-0.3, -0.25) is 14.4 Å². The Balaban J connectivity index is 1.38. The number of ether oxygens (including phenoxy) is 1. The van der Waals surface area contributed by atoms with Gasteiger partial charge in [0.2, 0.25) is 5.91 Å². The molecule has 0 aromatic heterocycles. The Morgan fingerprint density at radius 1 is 1.11 bits per heavy atom. The van der Waals surface area contributed by atoms with Crippen LogP contribution in [-0.2, 0) is 16.2 Å². The molecule has 1 spiro atoms. The smallest absolute Gasteiger partial charge is 0.253 e. The Morgan fingerprint density at radius 2 is 1.86 bits per heavy atom. The molecule has 6 nitrogen and oxygen atoms in total. The molecule has 2 aliphatic heterocycles. The topological polar surface area (TPSA) is 59.1 Å². The highest BCUT2D eigenvalue weighted by Gasteiger charge is 2.47. The second-order valence-electron chi connectivity index (χ2n) is 7.39. The van der Waals surface area contributed by atoms with Gasteiger partial charge in [-0.25, -0.2) is 5.06 Å². The van der Waals surface area contributed by atoms with Gasteiger partial charge in [0.1, 0.15) is 11.4 Å². The molecule has 2 amide bonds. The second kappa shape index (κ2) is 7.64. The predicted molar refractivity (Wildman–Crippen MR) is 104 cm³/mol. The summed E-state index contributed by atoms with van der Waals surface area (Å²) < 4.78 is 5.21. The van der Waals surface area contributed by atoms with Crippen molar-refractivity contribution in [2.24, 2.45) is 0 Å². The first-order valence-electron chi connectivity index (χ1n) is 9.55. The highest BCUT2D eigenvalue weighted by molar-refractivity contribution is 5.94. The number of piperidine rings is 1. The van der Waals surface area contributed by atoms with E-state index < -0.39 is 5.60 Å². The SMILES string of the molecule is COc1cccc(C(=O)N2CCC3(CC2)CC(=O)N(Cc2ccccc2)O3)c1. The van der Waals surface area contributed by atoms with Crippen molar-refractivity contribution in [1.29, 1.82) is 0 Å². The van der Waals surface area contributed by atoms with Crippen molar-refractivity contribution < 1.29 is 19.2 Å². The summed E-state index contributed by atoms with van der Waals surface area (Å²) in [5, 5.41) is 1.48. The number of rotatable bonds is 4. The first-order chi connectivity index (χ1) is 13.6. The highest BCUT2D eigenvalue weighted by atomic mass is 16.7. The number of carbonyl (C=O) groups excluding carboxylic acids is 2. The summed E-state index contributed by atoms with van der Waals surface area (Å²) in [6, 6.07) is 17.0. The number of hydrogen-bond donors (Lipinski definition) is 0. The van der Waals surface area contributed by atoms with Crippen LogP contribution in [0.3, 0.4) is 0 Å². The van der Waals surface area contributed by atoms with Crippen molar-refractivity contribution in [2.75, 3.05) is 20.2 Å². The summed E-state index contributed by atoms with van der Waals surface area (Å²) in [4.78, 5) is 33.2. The van der Waals surface area contributed by atoms with Gasteiger partial charge in [0.25, 0.3) is 5.91 Å². The molecule has 2 aliphatic rings. The van der Waals surface area contributed by atoms with E-state index in [0.29, 0.717) is 50.2 Å². The normalized spacial score (nSPS) is 18.5. The van der Waals surface area contributed by atoms with Crippen LogP contribution in [0.4, 0.5) is 0 Å². The van der Waals surface area contributed by atoms with Gasteiger partial charge in [0, 0.05) is 18.7 Å². The van der Waals surface area contributed by atoms with Gasteiger partial charge < -0.3 is 9.64 Å². The molecule has 4 rings (SSSR count). The van der Waals surface area contributed by atoms with Gasteiger partial charge in [-0.15, -0.1) is 0 Å². The second-order valence-corrected chi connectivity index (χ2v) is 7.39. The molecule has 0 aliphatic carbocycles. The van der Waals surface area contributed by atoms with Crippen molar-refractivity contribution in [2.45, 2.75) is 31.4 Å². The van der Waals surface area contributed by atoms with Crippen molar-refractivity contribution in [3.63, 3.8) is 0 Å². The van der Waals surface area contributed by atoms with Crippen LogP contribution < -0.4 is 4.74 Å². The third kappa shape index (κ3) is 3.73. The van der Waals surface area contributed by atoms with Gasteiger partial charge in [0.15, 0.2) is 0 Å². The van der Waals surface area contributed by atoms with E-state index in [0.717, 1.165) is 5.56 Å². The number of benzene rings is 2. The van der Waals surface area contributed by atoms with Crippen LogP contribution in [0.1, 0.15) is 35.2 Å². The van der Waals surface area contributed by atoms with Crippen LogP contribution in [0.5, 0.6) is 5.75 Å².